The van der Waals surface area contributed by atoms with E-state index < -0.39 is 5.92 Å². The minimum atomic E-state index is -0.469. The first-order chi connectivity index (χ1) is 12.6. The zero-order valence-corrected chi connectivity index (χ0v) is 14.6. The van der Waals surface area contributed by atoms with E-state index in [2.05, 4.69) is 5.32 Å². The van der Waals surface area contributed by atoms with E-state index >= 15 is 0 Å². The molecular formula is C20H21FN2O3. The molecule has 0 saturated carbocycles. The van der Waals surface area contributed by atoms with Crippen LogP contribution < -0.4 is 15.0 Å². The topological polar surface area (TPSA) is 58.6 Å². The number of hydrogen-bond acceptors (Lipinski definition) is 3. The molecule has 0 aromatic heterocycles. The summed E-state index contributed by atoms with van der Waals surface area (Å²) < 4.78 is 19.2. The van der Waals surface area contributed by atoms with Crippen LogP contribution >= 0.6 is 0 Å². The molecule has 6 heteroatoms. The summed E-state index contributed by atoms with van der Waals surface area (Å²) in [4.78, 5) is 26.4. The standard InChI is InChI=1S/C20H21FN2O3/c1-2-26-18-10-6-5-9-17(18)23-13-15(11-19(23)24)20(25)22-12-14-7-3-4-8-16(14)21/h3-10,15H,2,11-13H2,1H3,(H,22,25). The van der Waals surface area contributed by atoms with Gasteiger partial charge in [-0.05, 0) is 25.1 Å². The van der Waals surface area contributed by atoms with Gasteiger partial charge in [0, 0.05) is 25.1 Å². The molecule has 26 heavy (non-hydrogen) atoms. The minimum absolute atomic E-state index is 0.103. The summed E-state index contributed by atoms with van der Waals surface area (Å²) in [5.41, 5.74) is 1.09. The Morgan fingerprint density at radius 2 is 1.96 bits per heavy atom. The molecule has 1 aliphatic rings. The highest BCUT2D eigenvalue weighted by Crippen LogP contribution is 2.33. The number of benzene rings is 2. The predicted molar refractivity (Wildman–Crippen MR) is 96.3 cm³/mol. The second kappa shape index (κ2) is 7.99. The summed E-state index contributed by atoms with van der Waals surface area (Å²) in [5, 5.41) is 2.72. The summed E-state index contributed by atoms with van der Waals surface area (Å²) >= 11 is 0. The van der Waals surface area contributed by atoms with E-state index in [0.29, 0.717) is 23.6 Å². The number of amides is 2. The highest BCUT2D eigenvalue weighted by atomic mass is 19.1. The van der Waals surface area contributed by atoms with Crippen LogP contribution in [0.2, 0.25) is 0 Å². The van der Waals surface area contributed by atoms with Gasteiger partial charge in [-0.3, -0.25) is 9.59 Å². The van der Waals surface area contributed by atoms with Crippen molar-refractivity contribution in [2.75, 3.05) is 18.1 Å². The maximum absolute atomic E-state index is 13.7. The van der Waals surface area contributed by atoms with E-state index in [0.717, 1.165) is 0 Å². The number of rotatable bonds is 6. The van der Waals surface area contributed by atoms with Crippen molar-refractivity contribution in [1.29, 1.82) is 0 Å². The molecule has 1 saturated heterocycles. The van der Waals surface area contributed by atoms with Gasteiger partial charge < -0.3 is 15.0 Å². The number of ether oxygens (including phenoxy) is 1. The second-order valence-corrected chi connectivity index (χ2v) is 6.12. The normalized spacial score (nSPS) is 16.6. The molecule has 1 N–H and O–H groups in total. The van der Waals surface area contributed by atoms with E-state index in [-0.39, 0.29) is 37.1 Å². The van der Waals surface area contributed by atoms with Crippen LogP contribution in [0.1, 0.15) is 18.9 Å². The lowest BCUT2D eigenvalue weighted by Crippen LogP contribution is -2.33. The summed E-state index contributed by atoms with van der Waals surface area (Å²) in [5.74, 6) is -0.580. The quantitative estimate of drug-likeness (QED) is 0.866. The molecule has 3 rings (SSSR count). The van der Waals surface area contributed by atoms with Crippen molar-refractivity contribution in [2.24, 2.45) is 5.92 Å². The Bertz CT molecular complexity index is 809. The van der Waals surface area contributed by atoms with Crippen LogP contribution in [0.5, 0.6) is 5.75 Å². The number of carbonyl (C=O) groups is 2. The van der Waals surface area contributed by atoms with Crippen molar-refractivity contribution >= 4 is 17.5 Å². The lowest BCUT2D eigenvalue weighted by atomic mass is 10.1. The Morgan fingerprint density at radius 1 is 1.23 bits per heavy atom. The van der Waals surface area contributed by atoms with Crippen LogP contribution in [0.4, 0.5) is 10.1 Å². The van der Waals surface area contributed by atoms with Gasteiger partial charge in [-0.25, -0.2) is 4.39 Å². The Morgan fingerprint density at radius 3 is 2.73 bits per heavy atom. The third kappa shape index (κ3) is 3.85. The molecule has 2 aromatic rings. The van der Waals surface area contributed by atoms with Crippen LogP contribution in [-0.2, 0) is 16.1 Å². The average Bonchev–Trinajstić information content (AvgIpc) is 3.03. The van der Waals surface area contributed by atoms with Gasteiger partial charge in [0.05, 0.1) is 18.2 Å². The molecular weight excluding hydrogens is 335 g/mol. The van der Waals surface area contributed by atoms with Crippen molar-refractivity contribution in [3.63, 3.8) is 0 Å². The first-order valence-corrected chi connectivity index (χ1v) is 8.63. The second-order valence-electron chi connectivity index (χ2n) is 6.12. The molecule has 2 amide bonds. The lowest BCUT2D eigenvalue weighted by Gasteiger charge is -2.20. The van der Waals surface area contributed by atoms with Gasteiger partial charge in [-0.1, -0.05) is 30.3 Å². The molecule has 1 unspecified atom stereocenters. The SMILES string of the molecule is CCOc1ccccc1N1CC(C(=O)NCc2ccccc2F)CC1=O. The highest BCUT2D eigenvalue weighted by molar-refractivity contribution is 6.01. The van der Waals surface area contributed by atoms with E-state index in [9.17, 15) is 14.0 Å². The van der Waals surface area contributed by atoms with Gasteiger partial charge in [0.25, 0.3) is 0 Å². The first kappa shape index (κ1) is 17.9. The monoisotopic (exact) mass is 356 g/mol. The lowest BCUT2D eigenvalue weighted by molar-refractivity contribution is -0.126. The van der Waals surface area contributed by atoms with Crippen LogP contribution in [0, 0.1) is 11.7 Å². The van der Waals surface area contributed by atoms with Gasteiger partial charge in [0.2, 0.25) is 11.8 Å². The third-order valence-corrected chi connectivity index (χ3v) is 4.36. The molecule has 136 valence electrons. The number of hydrogen-bond donors (Lipinski definition) is 1. The van der Waals surface area contributed by atoms with E-state index in [1.165, 1.54) is 6.07 Å². The summed E-state index contributed by atoms with van der Waals surface area (Å²) in [6.45, 7) is 2.75. The molecule has 2 aromatic carbocycles. The smallest absolute Gasteiger partial charge is 0.227 e. The number of anilines is 1. The fourth-order valence-corrected chi connectivity index (χ4v) is 3.04. The van der Waals surface area contributed by atoms with E-state index in [1.807, 2.05) is 25.1 Å². The number of nitrogens with one attached hydrogen (secondary N) is 1. The fourth-order valence-electron chi connectivity index (χ4n) is 3.04. The Hall–Kier alpha value is -2.89. The van der Waals surface area contributed by atoms with Crippen LogP contribution in [0.3, 0.4) is 0 Å². The highest BCUT2D eigenvalue weighted by Gasteiger charge is 2.36. The molecule has 0 spiro atoms. The maximum Gasteiger partial charge on any atom is 0.227 e. The van der Waals surface area contributed by atoms with Gasteiger partial charge in [0.15, 0.2) is 0 Å². The maximum atomic E-state index is 13.7. The fraction of sp³-hybridized carbons (Fsp3) is 0.300. The van der Waals surface area contributed by atoms with Crippen LogP contribution in [0.25, 0.3) is 0 Å². The number of nitrogens with zero attached hydrogens (tertiary/aromatic N) is 1. The molecule has 1 heterocycles. The first-order valence-electron chi connectivity index (χ1n) is 8.63. The van der Waals surface area contributed by atoms with Crippen molar-refractivity contribution in [2.45, 2.75) is 19.9 Å². The largest absolute Gasteiger partial charge is 0.492 e. The molecule has 0 radical (unpaired) electrons. The van der Waals surface area contributed by atoms with E-state index in [1.54, 1.807) is 29.2 Å². The molecule has 1 aliphatic heterocycles. The molecule has 0 bridgehead atoms. The van der Waals surface area contributed by atoms with Crippen molar-refractivity contribution in [3.8, 4) is 5.75 Å². The Labute approximate surface area is 151 Å². The van der Waals surface area contributed by atoms with Gasteiger partial charge in [-0.2, -0.15) is 0 Å². The molecule has 1 fully saturated rings. The minimum Gasteiger partial charge on any atom is -0.492 e. The zero-order valence-electron chi connectivity index (χ0n) is 14.6. The van der Waals surface area contributed by atoms with Crippen LogP contribution in [0.15, 0.2) is 48.5 Å². The summed E-state index contributed by atoms with van der Waals surface area (Å²) in [6.07, 6.45) is 0.129. The van der Waals surface area contributed by atoms with Crippen LogP contribution in [-0.4, -0.2) is 25.0 Å². The number of halogens is 1. The Kier molecular flexibility index (Phi) is 5.51. The van der Waals surface area contributed by atoms with Crippen molar-refractivity contribution < 1.29 is 18.7 Å². The van der Waals surface area contributed by atoms with Crippen molar-refractivity contribution in [3.05, 3.63) is 59.9 Å². The van der Waals surface area contributed by atoms with Gasteiger partial charge in [-0.15, -0.1) is 0 Å². The van der Waals surface area contributed by atoms with Crippen molar-refractivity contribution in [1.82, 2.24) is 5.32 Å². The average molecular weight is 356 g/mol. The molecule has 5 nitrogen and oxygen atoms in total. The zero-order chi connectivity index (χ0) is 18.5. The predicted octanol–water partition coefficient (Wildman–Crippen LogP) is 2.89. The van der Waals surface area contributed by atoms with Gasteiger partial charge >= 0.3 is 0 Å². The summed E-state index contributed by atoms with van der Waals surface area (Å²) in [6, 6.07) is 13.6. The Balaban J connectivity index is 1.66. The van der Waals surface area contributed by atoms with Gasteiger partial charge in [0.1, 0.15) is 11.6 Å². The number of carbonyl (C=O) groups excluding carboxylic acids is 2. The molecule has 1 atom stereocenters. The molecule has 0 aliphatic carbocycles. The summed E-state index contributed by atoms with van der Waals surface area (Å²) in [7, 11) is 0. The number of para-hydroxylation sites is 2. The van der Waals surface area contributed by atoms with E-state index in [4.69, 9.17) is 4.74 Å². The third-order valence-electron chi connectivity index (χ3n) is 4.36.